The smallest absolute Gasteiger partial charge is 0.227 e. The zero-order chi connectivity index (χ0) is 13.5. The molecule has 0 aliphatic heterocycles. The molecule has 0 spiro atoms. The molecule has 1 amide bonds. The maximum absolute atomic E-state index is 11.7. The first-order valence-electron chi connectivity index (χ1n) is 5.98. The number of anilines is 1. The normalized spacial score (nSPS) is 9.95. The van der Waals surface area contributed by atoms with Crippen molar-refractivity contribution in [3.05, 3.63) is 59.6 Å². The van der Waals surface area contributed by atoms with Crippen molar-refractivity contribution < 1.29 is 9.53 Å². The minimum absolute atomic E-state index is 0.0850. The Morgan fingerprint density at radius 1 is 1.05 bits per heavy atom. The Bertz CT molecular complexity index is 543. The Labute approximate surface area is 117 Å². The lowest BCUT2D eigenvalue weighted by molar-refractivity contribution is -0.116. The van der Waals surface area contributed by atoms with Gasteiger partial charge in [0.25, 0.3) is 0 Å². The van der Waals surface area contributed by atoms with Crippen LogP contribution in [0.3, 0.4) is 0 Å². The highest BCUT2D eigenvalue weighted by Gasteiger charge is 2.04. The molecule has 0 aliphatic rings. The Hall–Kier alpha value is -2.00. The van der Waals surface area contributed by atoms with Gasteiger partial charge in [0.15, 0.2) is 0 Å². The summed E-state index contributed by atoms with van der Waals surface area (Å²) in [5, 5.41) is 3.34. The number of nitrogens with one attached hydrogen (secondary N) is 1. The zero-order valence-electron chi connectivity index (χ0n) is 10.3. The summed E-state index contributed by atoms with van der Waals surface area (Å²) in [6, 6.07) is 16.5. The molecule has 0 atom stereocenters. The first-order valence-corrected chi connectivity index (χ1v) is 6.36. The number of rotatable bonds is 5. The van der Waals surface area contributed by atoms with Gasteiger partial charge >= 0.3 is 0 Å². The van der Waals surface area contributed by atoms with Crippen LogP contribution in [-0.2, 0) is 4.79 Å². The summed E-state index contributed by atoms with van der Waals surface area (Å²) in [5.41, 5.74) is 0.783. The minimum atomic E-state index is -0.0850. The van der Waals surface area contributed by atoms with Crippen LogP contribution in [0, 0.1) is 0 Å². The van der Waals surface area contributed by atoms with E-state index < -0.39 is 0 Å². The molecule has 0 fully saturated rings. The topological polar surface area (TPSA) is 38.3 Å². The number of ether oxygens (including phenoxy) is 1. The van der Waals surface area contributed by atoms with Crippen molar-refractivity contribution in [1.82, 2.24) is 0 Å². The van der Waals surface area contributed by atoms with E-state index >= 15 is 0 Å². The van der Waals surface area contributed by atoms with Crippen molar-refractivity contribution in [2.45, 2.75) is 6.42 Å². The second kappa shape index (κ2) is 6.81. The first kappa shape index (κ1) is 13.4. The van der Waals surface area contributed by atoms with Crippen molar-refractivity contribution in [1.29, 1.82) is 0 Å². The van der Waals surface area contributed by atoms with E-state index in [2.05, 4.69) is 5.32 Å². The van der Waals surface area contributed by atoms with Crippen LogP contribution in [0.1, 0.15) is 6.42 Å². The Morgan fingerprint density at radius 2 is 1.74 bits per heavy atom. The van der Waals surface area contributed by atoms with Gasteiger partial charge in [-0.2, -0.15) is 0 Å². The molecule has 0 unspecified atom stereocenters. The number of para-hydroxylation sites is 2. The van der Waals surface area contributed by atoms with Crippen LogP contribution < -0.4 is 10.1 Å². The number of amides is 1. The van der Waals surface area contributed by atoms with Gasteiger partial charge in [-0.25, -0.2) is 0 Å². The van der Waals surface area contributed by atoms with Gasteiger partial charge in [0.05, 0.1) is 18.1 Å². The third kappa shape index (κ3) is 4.30. The van der Waals surface area contributed by atoms with E-state index in [1.54, 1.807) is 12.1 Å². The van der Waals surface area contributed by atoms with Gasteiger partial charge in [0.1, 0.15) is 5.75 Å². The van der Waals surface area contributed by atoms with Crippen LogP contribution >= 0.6 is 11.6 Å². The predicted molar refractivity (Wildman–Crippen MR) is 76.6 cm³/mol. The van der Waals surface area contributed by atoms with Crippen molar-refractivity contribution in [2.75, 3.05) is 11.9 Å². The van der Waals surface area contributed by atoms with E-state index in [1.165, 1.54) is 0 Å². The van der Waals surface area contributed by atoms with Crippen LogP contribution in [0.2, 0.25) is 5.02 Å². The van der Waals surface area contributed by atoms with Crippen LogP contribution in [0.25, 0.3) is 0 Å². The van der Waals surface area contributed by atoms with E-state index in [0.29, 0.717) is 17.4 Å². The third-order valence-corrected chi connectivity index (χ3v) is 2.79. The fraction of sp³-hybridized carbons (Fsp3) is 0.133. The fourth-order valence-electron chi connectivity index (χ4n) is 1.56. The van der Waals surface area contributed by atoms with E-state index in [9.17, 15) is 4.79 Å². The van der Waals surface area contributed by atoms with E-state index in [-0.39, 0.29) is 12.3 Å². The second-order valence-corrected chi connectivity index (χ2v) is 4.35. The number of carbonyl (C=O) groups is 1. The predicted octanol–water partition coefficient (Wildman–Crippen LogP) is 3.75. The number of hydrogen-bond acceptors (Lipinski definition) is 2. The lowest BCUT2D eigenvalue weighted by atomic mass is 10.3. The van der Waals surface area contributed by atoms with Crippen molar-refractivity contribution in [2.24, 2.45) is 0 Å². The van der Waals surface area contributed by atoms with Gasteiger partial charge in [-0.15, -0.1) is 0 Å². The highest BCUT2D eigenvalue weighted by atomic mass is 35.5. The van der Waals surface area contributed by atoms with Gasteiger partial charge < -0.3 is 10.1 Å². The summed E-state index contributed by atoms with van der Waals surface area (Å²) in [6.07, 6.45) is 0.278. The van der Waals surface area contributed by atoms with Crippen LogP contribution in [0.5, 0.6) is 5.75 Å². The summed E-state index contributed by atoms with van der Waals surface area (Å²) in [5.74, 6) is 0.509. The highest BCUT2D eigenvalue weighted by Crippen LogP contribution is 2.23. The van der Waals surface area contributed by atoms with Crippen LogP contribution in [0.4, 0.5) is 5.69 Å². The molecule has 19 heavy (non-hydrogen) atoms. The molecular weight excluding hydrogens is 262 g/mol. The molecule has 2 aromatic carbocycles. The number of benzene rings is 2. The van der Waals surface area contributed by atoms with Crippen LogP contribution in [-0.4, -0.2) is 12.5 Å². The standard InChI is InChI=1S/C15H14ClNO2/c16-13-8-4-5-9-14(13)19-11-10-15(18)17-12-6-2-1-3-7-12/h1-9H,10-11H2,(H,17,18). The fourth-order valence-corrected chi connectivity index (χ4v) is 1.75. The molecule has 4 heteroatoms. The molecule has 0 saturated heterocycles. The molecule has 0 heterocycles. The minimum Gasteiger partial charge on any atom is -0.491 e. The maximum atomic E-state index is 11.7. The monoisotopic (exact) mass is 275 g/mol. The Balaban J connectivity index is 1.77. The van der Waals surface area contributed by atoms with Crippen molar-refractivity contribution >= 4 is 23.2 Å². The molecule has 0 aromatic heterocycles. The lowest BCUT2D eigenvalue weighted by Crippen LogP contribution is -2.15. The molecule has 1 N–H and O–H groups in total. The molecule has 2 rings (SSSR count). The average molecular weight is 276 g/mol. The van der Waals surface area contributed by atoms with E-state index in [0.717, 1.165) is 5.69 Å². The molecule has 0 saturated carbocycles. The van der Waals surface area contributed by atoms with Gasteiger partial charge in [0.2, 0.25) is 5.91 Å². The second-order valence-electron chi connectivity index (χ2n) is 3.94. The quantitative estimate of drug-likeness (QED) is 0.902. The largest absolute Gasteiger partial charge is 0.491 e. The number of hydrogen-bond donors (Lipinski definition) is 1. The summed E-state index contributed by atoms with van der Waals surface area (Å²) in [7, 11) is 0. The third-order valence-electron chi connectivity index (χ3n) is 2.48. The van der Waals surface area contributed by atoms with Crippen LogP contribution in [0.15, 0.2) is 54.6 Å². The molecule has 2 aromatic rings. The molecular formula is C15H14ClNO2. The molecule has 3 nitrogen and oxygen atoms in total. The van der Waals surface area contributed by atoms with Gasteiger partial charge in [-0.1, -0.05) is 41.9 Å². The molecule has 0 aliphatic carbocycles. The Morgan fingerprint density at radius 3 is 2.47 bits per heavy atom. The summed E-state index contributed by atoms with van der Waals surface area (Å²) >= 11 is 5.94. The molecule has 98 valence electrons. The average Bonchev–Trinajstić information content (AvgIpc) is 2.42. The zero-order valence-corrected chi connectivity index (χ0v) is 11.1. The summed E-state index contributed by atoms with van der Waals surface area (Å²) in [4.78, 5) is 11.7. The van der Waals surface area contributed by atoms with E-state index in [1.807, 2.05) is 42.5 Å². The van der Waals surface area contributed by atoms with Crippen molar-refractivity contribution in [3.8, 4) is 5.75 Å². The van der Waals surface area contributed by atoms with E-state index in [4.69, 9.17) is 16.3 Å². The maximum Gasteiger partial charge on any atom is 0.227 e. The number of carbonyl (C=O) groups excluding carboxylic acids is 1. The highest BCUT2D eigenvalue weighted by molar-refractivity contribution is 6.32. The summed E-state index contributed by atoms with van der Waals surface area (Å²) in [6.45, 7) is 0.294. The van der Waals surface area contributed by atoms with Gasteiger partial charge in [-0.3, -0.25) is 4.79 Å². The van der Waals surface area contributed by atoms with Crippen molar-refractivity contribution in [3.63, 3.8) is 0 Å². The lowest BCUT2D eigenvalue weighted by Gasteiger charge is -2.08. The van der Waals surface area contributed by atoms with Gasteiger partial charge in [0, 0.05) is 5.69 Å². The Kier molecular flexibility index (Phi) is 4.81. The first-order chi connectivity index (χ1) is 9.25. The molecule has 0 radical (unpaired) electrons. The molecule has 0 bridgehead atoms. The SMILES string of the molecule is O=C(CCOc1ccccc1Cl)Nc1ccccc1. The van der Waals surface area contributed by atoms with Gasteiger partial charge in [-0.05, 0) is 24.3 Å². The number of halogens is 1. The summed E-state index contributed by atoms with van der Waals surface area (Å²) < 4.78 is 5.45.